The second-order valence-corrected chi connectivity index (χ2v) is 12.6. The molecular weight excluding hydrogens is 514 g/mol. The van der Waals surface area contributed by atoms with Crippen LogP contribution < -0.4 is 10.6 Å². The van der Waals surface area contributed by atoms with Gasteiger partial charge >= 0.3 is 0 Å². The average Bonchev–Trinajstić information content (AvgIpc) is 3.47. The van der Waals surface area contributed by atoms with Crippen LogP contribution in [0.1, 0.15) is 43.6 Å². The molecule has 1 saturated heterocycles. The maximum Gasteiger partial charge on any atom is 0.270 e. The van der Waals surface area contributed by atoms with Crippen molar-refractivity contribution >= 4 is 49.9 Å². The van der Waals surface area contributed by atoms with Gasteiger partial charge in [0.15, 0.2) is 5.78 Å². The fraction of sp³-hybridized carbons (Fsp3) is 0.440. The topological polar surface area (TPSA) is 130 Å². The molecule has 1 fully saturated rings. The van der Waals surface area contributed by atoms with Gasteiger partial charge in [0.25, 0.3) is 15.9 Å². The summed E-state index contributed by atoms with van der Waals surface area (Å²) in [6.07, 6.45) is 2.49. The molecule has 37 heavy (non-hydrogen) atoms. The number of aryl methyl sites for hydroxylation is 1. The molecular formula is C25H31N5O5S2. The van der Waals surface area contributed by atoms with Crippen LogP contribution in [0.25, 0.3) is 10.9 Å². The van der Waals surface area contributed by atoms with Crippen LogP contribution in [-0.4, -0.2) is 65.0 Å². The van der Waals surface area contributed by atoms with Gasteiger partial charge in [0.2, 0.25) is 10.2 Å². The lowest BCUT2D eigenvalue weighted by Crippen LogP contribution is -2.52. The zero-order chi connectivity index (χ0) is 26.7. The summed E-state index contributed by atoms with van der Waals surface area (Å²) < 4.78 is 28.5. The molecule has 2 amide bonds. The van der Waals surface area contributed by atoms with Crippen LogP contribution in [-0.2, 0) is 26.7 Å². The lowest BCUT2D eigenvalue weighted by atomic mass is 10.0. The number of carbonyl (C=O) groups is 3. The quantitative estimate of drug-likeness (QED) is 0.447. The smallest absolute Gasteiger partial charge is 0.270 e. The third-order valence-electron chi connectivity index (χ3n) is 6.42. The Morgan fingerprint density at radius 1 is 1.24 bits per heavy atom. The number of nitrogens with one attached hydrogen (secondary N) is 2. The predicted molar refractivity (Wildman–Crippen MR) is 141 cm³/mol. The first-order valence-electron chi connectivity index (χ1n) is 12.2. The zero-order valence-electron chi connectivity index (χ0n) is 21.0. The summed E-state index contributed by atoms with van der Waals surface area (Å²) in [7, 11) is -2.08. The van der Waals surface area contributed by atoms with Crippen molar-refractivity contribution in [3.8, 4) is 0 Å². The first kappa shape index (κ1) is 27.0. The number of amides is 2. The lowest BCUT2D eigenvalue weighted by Gasteiger charge is -2.23. The van der Waals surface area contributed by atoms with Crippen molar-refractivity contribution < 1.29 is 22.8 Å². The Kier molecular flexibility index (Phi) is 8.10. The normalized spacial score (nSPS) is 18.1. The molecule has 1 unspecified atom stereocenters. The summed E-state index contributed by atoms with van der Waals surface area (Å²) in [5, 5.41) is 8.10. The Morgan fingerprint density at radius 2 is 2.00 bits per heavy atom. The monoisotopic (exact) mass is 545 g/mol. The Morgan fingerprint density at radius 3 is 2.68 bits per heavy atom. The van der Waals surface area contributed by atoms with Crippen LogP contribution in [0.3, 0.4) is 0 Å². The van der Waals surface area contributed by atoms with Crippen molar-refractivity contribution in [3.63, 3.8) is 0 Å². The van der Waals surface area contributed by atoms with Crippen molar-refractivity contribution in [1.29, 1.82) is 0 Å². The van der Waals surface area contributed by atoms with E-state index >= 15 is 0 Å². The molecule has 1 aliphatic heterocycles. The predicted octanol–water partition coefficient (Wildman–Crippen LogP) is 2.32. The molecule has 198 valence electrons. The van der Waals surface area contributed by atoms with E-state index in [2.05, 4.69) is 15.6 Å². The number of sulfonamides is 1. The molecule has 0 aliphatic carbocycles. The average molecular weight is 546 g/mol. The summed E-state index contributed by atoms with van der Waals surface area (Å²) in [5.74, 6) is -1.13. The fourth-order valence-electron chi connectivity index (χ4n) is 4.52. The number of aromatic nitrogens is 2. The van der Waals surface area contributed by atoms with Crippen LogP contribution in [0, 0.1) is 5.92 Å². The summed E-state index contributed by atoms with van der Waals surface area (Å²) in [5.41, 5.74) is 1.33. The van der Waals surface area contributed by atoms with Gasteiger partial charge in [-0.25, -0.2) is 13.4 Å². The molecule has 2 aromatic heterocycles. The van der Waals surface area contributed by atoms with Crippen LogP contribution >= 0.6 is 11.3 Å². The molecule has 0 radical (unpaired) electrons. The highest BCUT2D eigenvalue weighted by Gasteiger charge is 2.35. The fourth-order valence-corrected chi connectivity index (χ4v) is 6.93. The van der Waals surface area contributed by atoms with E-state index in [4.69, 9.17) is 0 Å². The molecule has 3 aromatic rings. The molecule has 1 aliphatic rings. The van der Waals surface area contributed by atoms with Crippen LogP contribution in [0.4, 0.5) is 0 Å². The van der Waals surface area contributed by atoms with Gasteiger partial charge in [-0.2, -0.15) is 4.31 Å². The van der Waals surface area contributed by atoms with Gasteiger partial charge in [-0.05, 0) is 37.3 Å². The highest BCUT2D eigenvalue weighted by atomic mass is 32.2. The minimum absolute atomic E-state index is 0.0594. The summed E-state index contributed by atoms with van der Waals surface area (Å²) in [4.78, 5) is 43.3. The molecule has 12 heteroatoms. The third kappa shape index (κ3) is 5.91. The first-order chi connectivity index (χ1) is 17.6. The number of hydrogen-bond acceptors (Lipinski definition) is 7. The van der Waals surface area contributed by atoms with E-state index in [9.17, 15) is 22.8 Å². The molecule has 3 heterocycles. The van der Waals surface area contributed by atoms with Gasteiger partial charge in [-0.15, -0.1) is 11.3 Å². The summed E-state index contributed by atoms with van der Waals surface area (Å²) in [6, 6.07) is 7.71. The minimum atomic E-state index is -3.87. The Hall–Kier alpha value is -3.09. The molecule has 0 bridgehead atoms. The third-order valence-corrected chi connectivity index (χ3v) is 9.44. The largest absolute Gasteiger partial charge is 0.344 e. The molecule has 10 nitrogen and oxygen atoms in total. The van der Waals surface area contributed by atoms with Crippen LogP contribution in [0.15, 0.2) is 46.2 Å². The SMILES string of the molecule is CC(C)C[C@H](NC(=O)c1cc2ccccc2n1C)C(=O)NC1CCCN(S(=O)(=O)c2nccs2)CC1=O. The van der Waals surface area contributed by atoms with Crippen LogP contribution in [0.2, 0.25) is 0 Å². The number of hydrogen-bond donors (Lipinski definition) is 2. The van der Waals surface area contributed by atoms with E-state index in [-0.39, 0.29) is 29.3 Å². The van der Waals surface area contributed by atoms with E-state index in [0.717, 1.165) is 26.5 Å². The standard InChI is InChI=1S/C25H31N5O5S2/c1-16(2)13-19(28-24(33)21-14-17-7-4-5-9-20(17)29(21)3)23(32)27-18-8-6-11-30(15-22(18)31)37(34,35)25-26-10-12-36-25/h4-5,7,9-10,12,14,16,18-19H,6,8,11,13,15H2,1-3H3,(H,27,32)(H,28,33)/t18?,19-/m0/s1. The van der Waals surface area contributed by atoms with Gasteiger partial charge in [-0.1, -0.05) is 32.0 Å². The molecule has 2 atom stereocenters. The molecule has 4 rings (SSSR count). The Labute approximate surface area is 220 Å². The number of ketones is 1. The molecule has 0 saturated carbocycles. The number of fused-ring (bicyclic) bond motifs is 1. The Bertz CT molecular complexity index is 1400. The maximum absolute atomic E-state index is 13.3. The van der Waals surface area contributed by atoms with Gasteiger partial charge < -0.3 is 15.2 Å². The highest BCUT2D eigenvalue weighted by Crippen LogP contribution is 2.22. The molecule has 0 spiro atoms. The summed E-state index contributed by atoms with van der Waals surface area (Å²) in [6.45, 7) is 3.71. The number of benzene rings is 1. The minimum Gasteiger partial charge on any atom is -0.344 e. The van der Waals surface area contributed by atoms with Crippen molar-refractivity contribution in [1.82, 2.24) is 24.5 Å². The van der Waals surface area contributed by atoms with E-state index in [1.165, 1.54) is 6.20 Å². The van der Waals surface area contributed by atoms with Crippen molar-refractivity contribution in [2.24, 2.45) is 13.0 Å². The zero-order valence-corrected chi connectivity index (χ0v) is 22.6. The number of rotatable bonds is 8. The van der Waals surface area contributed by atoms with Gasteiger partial charge in [0, 0.05) is 36.1 Å². The number of Topliss-reactive ketones (excluding diaryl/α,β-unsaturated/α-hetero) is 1. The summed E-state index contributed by atoms with van der Waals surface area (Å²) >= 11 is 0.995. The lowest BCUT2D eigenvalue weighted by molar-refractivity contribution is -0.129. The van der Waals surface area contributed by atoms with Crippen LogP contribution in [0.5, 0.6) is 0 Å². The first-order valence-corrected chi connectivity index (χ1v) is 14.5. The van der Waals surface area contributed by atoms with E-state index in [0.29, 0.717) is 25.0 Å². The Balaban J connectivity index is 1.46. The number of carbonyl (C=O) groups excluding carboxylic acids is 3. The van der Waals surface area contributed by atoms with E-state index in [1.807, 2.05) is 38.1 Å². The van der Waals surface area contributed by atoms with Gasteiger partial charge in [0.1, 0.15) is 11.7 Å². The second-order valence-electron chi connectivity index (χ2n) is 9.61. The highest BCUT2D eigenvalue weighted by molar-refractivity contribution is 7.91. The van der Waals surface area contributed by atoms with Gasteiger partial charge in [-0.3, -0.25) is 14.4 Å². The molecule has 2 N–H and O–H groups in total. The van der Waals surface area contributed by atoms with Crippen molar-refractivity contribution in [2.45, 2.75) is 49.5 Å². The van der Waals surface area contributed by atoms with E-state index in [1.54, 1.807) is 23.1 Å². The second kappa shape index (κ2) is 11.1. The molecule has 1 aromatic carbocycles. The van der Waals surface area contributed by atoms with Gasteiger partial charge in [0.05, 0.1) is 12.6 Å². The number of thiazole rings is 1. The number of nitrogens with zero attached hydrogens (tertiary/aromatic N) is 3. The van der Waals surface area contributed by atoms with Crippen molar-refractivity contribution in [3.05, 3.63) is 47.6 Å². The van der Waals surface area contributed by atoms with Crippen molar-refractivity contribution in [2.75, 3.05) is 13.1 Å². The van der Waals surface area contributed by atoms with E-state index < -0.39 is 33.8 Å². The number of para-hydroxylation sites is 1. The maximum atomic E-state index is 13.3.